The number of phenolic OH excluding ortho intramolecular Hbond substituents is 1. The van der Waals surface area contributed by atoms with Crippen molar-refractivity contribution in [2.45, 2.75) is 18.6 Å². The Morgan fingerprint density at radius 1 is 0.958 bits per heavy atom. The molecule has 2 aromatic carbocycles. The second-order valence-corrected chi connectivity index (χ2v) is 6.10. The fraction of sp³-hybridized carbons (Fsp3) is 0.222. The first-order valence-electron chi connectivity index (χ1n) is 7.84. The van der Waals surface area contributed by atoms with Crippen LogP contribution in [0.2, 0.25) is 0 Å². The van der Waals surface area contributed by atoms with Gasteiger partial charge in [-0.3, -0.25) is 14.9 Å². The third-order valence-electron chi connectivity index (χ3n) is 4.63. The number of nitrogens with zero attached hydrogens (tertiary/aromatic N) is 1. The first-order valence-corrected chi connectivity index (χ1v) is 7.84. The molecule has 0 bridgehead atoms. The van der Waals surface area contributed by atoms with Crippen LogP contribution in [0.25, 0.3) is 0 Å². The molecule has 2 amide bonds. The van der Waals surface area contributed by atoms with Crippen molar-refractivity contribution in [1.29, 1.82) is 0 Å². The van der Waals surface area contributed by atoms with Gasteiger partial charge in [-0.05, 0) is 11.6 Å². The van der Waals surface area contributed by atoms with E-state index in [1.165, 1.54) is 0 Å². The van der Waals surface area contributed by atoms with E-state index < -0.39 is 18.0 Å². The van der Waals surface area contributed by atoms with Gasteiger partial charge in [-0.1, -0.05) is 48.5 Å². The summed E-state index contributed by atoms with van der Waals surface area (Å²) in [4.78, 5) is 24.5. The monoisotopic (exact) mass is 323 g/mol. The number of hydrazine groups is 1. The van der Waals surface area contributed by atoms with E-state index in [1.54, 1.807) is 29.3 Å². The van der Waals surface area contributed by atoms with E-state index in [0.29, 0.717) is 12.1 Å². The predicted molar refractivity (Wildman–Crippen MR) is 86.4 cm³/mol. The van der Waals surface area contributed by atoms with Crippen molar-refractivity contribution < 1.29 is 14.7 Å². The molecule has 0 aliphatic carbocycles. The fourth-order valence-corrected chi connectivity index (χ4v) is 3.53. The Bertz CT molecular complexity index is 793. The largest absolute Gasteiger partial charge is 0.508 e. The maximum Gasteiger partial charge on any atom is 0.246 e. The van der Waals surface area contributed by atoms with Gasteiger partial charge in [0.05, 0.1) is 12.0 Å². The van der Waals surface area contributed by atoms with Crippen LogP contribution in [0.15, 0.2) is 54.6 Å². The Hall–Kier alpha value is -2.70. The van der Waals surface area contributed by atoms with Crippen LogP contribution in [-0.4, -0.2) is 28.0 Å². The number of phenols is 1. The molecule has 6 nitrogen and oxygen atoms in total. The first-order chi connectivity index (χ1) is 11.6. The molecule has 0 saturated carbocycles. The van der Waals surface area contributed by atoms with Gasteiger partial charge < -0.3 is 5.11 Å². The van der Waals surface area contributed by atoms with Crippen LogP contribution < -0.4 is 10.7 Å². The molecule has 2 saturated heterocycles. The number of rotatable bonds is 3. The zero-order valence-electron chi connectivity index (χ0n) is 12.8. The molecule has 2 aliphatic heterocycles. The van der Waals surface area contributed by atoms with Gasteiger partial charge in [-0.25, -0.2) is 10.4 Å². The summed E-state index contributed by atoms with van der Waals surface area (Å²) in [7, 11) is 0. The summed E-state index contributed by atoms with van der Waals surface area (Å²) in [6.07, 6.45) is 0. The number of carbonyl (C=O) groups is 2. The van der Waals surface area contributed by atoms with Crippen LogP contribution in [0, 0.1) is 5.92 Å². The average molecular weight is 323 g/mol. The Morgan fingerprint density at radius 3 is 2.42 bits per heavy atom. The topological polar surface area (TPSA) is 81.7 Å². The fourth-order valence-electron chi connectivity index (χ4n) is 3.53. The lowest BCUT2D eigenvalue weighted by Crippen LogP contribution is -2.43. The minimum Gasteiger partial charge on any atom is -0.508 e. The van der Waals surface area contributed by atoms with Crippen molar-refractivity contribution in [3.05, 3.63) is 65.7 Å². The third kappa shape index (κ3) is 2.36. The summed E-state index contributed by atoms with van der Waals surface area (Å²) in [5, 5.41) is 14.3. The van der Waals surface area contributed by atoms with Crippen molar-refractivity contribution in [2.75, 3.05) is 0 Å². The summed E-state index contributed by atoms with van der Waals surface area (Å²) in [6.45, 7) is 0.493. The molecular formula is C18H17N3O3. The number of amides is 2. The molecule has 0 unspecified atom stereocenters. The number of imide groups is 1. The molecule has 2 aromatic rings. The van der Waals surface area contributed by atoms with Crippen molar-refractivity contribution >= 4 is 11.8 Å². The molecule has 2 fully saturated rings. The van der Waals surface area contributed by atoms with Gasteiger partial charge in [0.2, 0.25) is 11.8 Å². The first kappa shape index (κ1) is 14.9. The highest BCUT2D eigenvalue weighted by atomic mass is 16.3. The number of fused-ring (bicyclic) bond motifs is 1. The van der Waals surface area contributed by atoms with E-state index in [4.69, 9.17) is 0 Å². The Labute approximate surface area is 139 Å². The molecule has 0 aromatic heterocycles. The molecule has 0 spiro atoms. The number of carbonyl (C=O) groups excluding carboxylic acids is 2. The van der Waals surface area contributed by atoms with Gasteiger partial charge in [0.15, 0.2) is 0 Å². The number of hydrogen-bond acceptors (Lipinski definition) is 5. The number of nitrogens with one attached hydrogen (secondary N) is 2. The Morgan fingerprint density at radius 2 is 1.67 bits per heavy atom. The maximum absolute atomic E-state index is 12.3. The van der Waals surface area contributed by atoms with Gasteiger partial charge in [-0.2, -0.15) is 0 Å². The normalized spacial score (nSPS) is 26.4. The van der Waals surface area contributed by atoms with Gasteiger partial charge in [0.1, 0.15) is 11.8 Å². The van der Waals surface area contributed by atoms with Crippen molar-refractivity contribution in [2.24, 2.45) is 5.92 Å². The molecular weight excluding hydrogens is 306 g/mol. The summed E-state index contributed by atoms with van der Waals surface area (Å²) in [6, 6.07) is 15.6. The molecule has 3 atom stereocenters. The lowest BCUT2D eigenvalue weighted by Gasteiger charge is -2.22. The second kappa shape index (κ2) is 5.74. The number of hydrogen-bond donors (Lipinski definition) is 3. The van der Waals surface area contributed by atoms with Crippen molar-refractivity contribution in [3.63, 3.8) is 0 Å². The average Bonchev–Trinajstić information content (AvgIpc) is 3.09. The number of para-hydroxylation sites is 1. The minimum absolute atomic E-state index is 0.113. The van der Waals surface area contributed by atoms with Gasteiger partial charge >= 0.3 is 0 Å². The van der Waals surface area contributed by atoms with E-state index in [9.17, 15) is 14.7 Å². The van der Waals surface area contributed by atoms with Crippen molar-refractivity contribution in [3.8, 4) is 5.75 Å². The molecule has 0 radical (unpaired) electrons. The van der Waals surface area contributed by atoms with Crippen molar-refractivity contribution in [1.82, 2.24) is 15.8 Å². The quantitative estimate of drug-likeness (QED) is 0.737. The van der Waals surface area contributed by atoms with Crippen LogP contribution in [0.1, 0.15) is 17.2 Å². The van der Waals surface area contributed by atoms with Gasteiger partial charge in [0.25, 0.3) is 0 Å². The highest BCUT2D eigenvalue weighted by molar-refractivity contribution is 6.07. The van der Waals surface area contributed by atoms with Crippen LogP contribution in [0.3, 0.4) is 0 Å². The minimum atomic E-state index is -0.581. The SMILES string of the molecule is O=C1NC(=O)[C@H]2[C@@H]1[C@@H](c1ccccc1O)NN2Cc1ccccc1. The van der Waals surface area contributed by atoms with Crippen LogP contribution in [-0.2, 0) is 16.1 Å². The second-order valence-electron chi connectivity index (χ2n) is 6.10. The number of benzene rings is 2. The molecule has 3 N–H and O–H groups in total. The third-order valence-corrected chi connectivity index (χ3v) is 4.63. The molecule has 122 valence electrons. The highest BCUT2D eigenvalue weighted by Gasteiger charge is 2.55. The Balaban J connectivity index is 1.69. The van der Waals surface area contributed by atoms with E-state index >= 15 is 0 Å². The highest BCUT2D eigenvalue weighted by Crippen LogP contribution is 2.40. The van der Waals surface area contributed by atoms with E-state index in [0.717, 1.165) is 5.56 Å². The standard InChI is InChI=1S/C18H17N3O3/c22-13-9-5-4-8-12(13)15-14-16(18(24)19-17(14)23)21(20-15)10-11-6-2-1-3-7-11/h1-9,14-16,20,22H,10H2,(H,19,23,24)/t14-,15+,16+/m0/s1. The van der Waals surface area contributed by atoms with E-state index in [1.807, 2.05) is 30.3 Å². The van der Waals surface area contributed by atoms with E-state index in [-0.39, 0.29) is 17.6 Å². The molecule has 2 heterocycles. The summed E-state index contributed by atoms with van der Waals surface area (Å²) in [5.41, 5.74) is 4.91. The molecule has 24 heavy (non-hydrogen) atoms. The number of aromatic hydroxyl groups is 1. The Kier molecular flexibility index (Phi) is 3.55. The smallest absolute Gasteiger partial charge is 0.246 e. The van der Waals surface area contributed by atoms with E-state index in [2.05, 4.69) is 10.7 Å². The lowest BCUT2D eigenvalue weighted by atomic mass is 9.90. The lowest BCUT2D eigenvalue weighted by molar-refractivity contribution is -0.127. The van der Waals surface area contributed by atoms with Gasteiger partial charge in [-0.15, -0.1) is 0 Å². The predicted octanol–water partition coefficient (Wildman–Crippen LogP) is 1.09. The summed E-state index contributed by atoms with van der Waals surface area (Å²) in [5.74, 6) is -1.05. The van der Waals surface area contributed by atoms with Crippen LogP contribution >= 0.6 is 0 Å². The molecule has 4 rings (SSSR count). The zero-order chi connectivity index (χ0) is 16.7. The summed E-state index contributed by atoms with van der Waals surface area (Å²) < 4.78 is 0. The van der Waals surface area contributed by atoms with Gasteiger partial charge in [0, 0.05) is 12.1 Å². The zero-order valence-corrected chi connectivity index (χ0v) is 12.8. The van der Waals surface area contributed by atoms with Crippen LogP contribution in [0.4, 0.5) is 0 Å². The van der Waals surface area contributed by atoms with Crippen LogP contribution in [0.5, 0.6) is 5.75 Å². The summed E-state index contributed by atoms with van der Waals surface area (Å²) >= 11 is 0. The maximum atomic E-state index is 12.3. The molecule has 2 aliphatic rings. The molecule has 6 heteroatoms.